The number of para-hydroxylation sites is 2. The fourth-order valence-electron chi connectivity index (χ4n) is 6.60. The monoisotopic (exact) mass is 510 g/mol. The minimum atomic E-state index is 0.796. The molecule has 186 valence electrons. The van der Waals surface area contributed by atoms with Crippen LogP contribution >= 0.6 is 0 Å². The van der Waals surface area contributed by atoms with Gasteiger partial charge < -0.3 is 8.83 Å². The summed E-state index contributed by atoms with van der Waals surface area (Å²) in [5, 5.41) is 9.26. The van der Waals surface area contributed by atoms with Crippen molar-refractivity contribution in [1.82, 2.24) is 0 Å². The van der Waals surface area contributed by atoms with Crippen molar-refractivity contribution in [3.05, 3.63) is 133 Å². The van der Waals surface area contributed by atoms with E-state index in [1.165, 1.54) is 38.2 Å². The van der Waals surface area contributed by atoms with Crippen molar-refractivity contribution in [1.29, 1.82) is 0 Å². The van der Waals surface area contributed by atoms with Crippen molar-refractivity contribution >= 4 is 65.4 Å². The zero-order valence-electron chi connectivity index (χ0n) is 21.5. The van der Waals surface area contributed by atoms with Crippen molar-refractivity contribution in [2.75, 3.05) is 0 Å². The van der Waals surface area contributed by atoms with Crippen LogP contribution in [0.1, 0.15) is 0 Å². The molecule has 2 nitrogen and oxygen atoms in total. The van der Waals surface area contributed by atoms with Crippen LogP contribution in [0.2, 0.25) is 0 Å². The summed E-state index contributed by atoms with van der Waals surface area (Å²) in [7, 11) is 0. The van der Waals surface area contributed by atoms with E-state index in [-0.39, 0.29) is 0 Å². The molecule has 0 aliphatic rings. The van der Waals surface area contributed by atoms with Gasteiger partial charge in [-0.25, -0.2) is 0 Å². The third-order valence-electron chi connectivity index (χ3n) is 8.26. The van der Waals surface area contributed by atoms with E-state index in [0.717, 1.165) is 49.4 Å². The third kappa shape index (κ3) is 2.88. The molecular formula is C38H22O2. The van der Waals surface area contributed by atoms with E-state index < -0.39 is 0 Å². The van der Waals surface area contributed by atoms with Gasteiger partial charge in [0.25, 0.3) is 0 Å². The topological polar surface area (TPSA) is 26.3 Å². The van der Waals surface area contributed by atoms with E-state index in [9.17, 15) is 0 Å². The Morgan fingerprint density at radius 3 is 1.48 bits per heavy atom. The second-order valence-electron chi connectivity index (χ2n) is 10.4. The maximum absolute atomic E-state index is 6.58. The molecule has 0 aliphatic carbocycles. The lowest BCUT2D eigenvalue weighted by Crippen LogP contribution is -1.91. The first-order valence-corrected chi connectivity index (χ1v) is 13.6. The molecule has 0 spiro atoms. The number of hydrogen-bond acceptors (Lipinski definition) is 2. The number of rotatable bonds is 2. The molecule has 0 unspecified atom stereocenters. The first-order chi connectivity index (χ1) is 19.9. The number of fused-ring (bicyclic) bond motifs is 9. The van der Waals surface area contributed by atoms with Crippen molar-refractivity contribution < 1.29 is 8.83 Å². The fourth-order valence-corrected chi connectivity index (χ4v) is 6.60. The predicted octanol–water partition coefficient (Wildman–Crippen LogP) is 11.1. The Morgan fingerprint density at radius 1 is 0.350 bits per heavy atom. The first kappa shape index (κ1) is 21.6. The predicted molar refractivity (Wildman–Crippen MR) is 167 cm³/mol. The van der Waals surface area contributed by atoms with Crippen LogP contribution < -0.4 is 0 Å². The molecule has 0 fully saturated rings. The van der Waals surface area contributed by atoms with Gasteiger partial charge in [-0.15, -0.1) is 0 Å². The molecule has 0 aliphatic heterocycles. The number of furan rings is 2. The zero-order valence-corrected chi connectivity index (χ0v) is 21.5. The van der Waals surface area contributed by atoms with Crippen LogP contribution in [0.4, 0.5) is 0 Å². The molecule has 2 aromatic heterocycles. The van der Waals surface area contributed by atoms with Gasteiger partial charge in [0.2, 0.25) is 0 Å². The van der Waals surface area contributed by atoms with Gasteiger partial charge in [-0.05, 0) is 62.0 Å². The molecule has 40 heavy (non-hydrogen) atoms. The summed E-state index contributed by atoms with van der Waals surface area (Å²) in [4.78, 5) is 0. The Morgan fingerprint density at radius 2 is 0.825 bits per heavy atom. The third-order valence-corrected chi connectivity index (χ3v) is 8.26. The van der Waals surface area contributed by atoms with Gasteiger partial charge in [0, 0.05) is 21.5 Å². The smallest absolute Gasteiger partial charge is 0.179 e. The molecule has 2 heteroatoms. The molecule has 0 N–H and O–H groups in total. The summed E-state index contributed by atoms with van der Waals surface area (Å²) >= 11 is 0. The molecule has 9 aromatic rings. The van der Waals surface area contributed by atoms with E-state index in [2.05, 4.69) is 109 Å². The summed E-state index contributed by atoms with van der Waals surface area (Å²) in [5.41, 5.74) is 8.18. The minimum Gasteiger partial charge on any atom is -0.452 e. The van der Waals surface area contributed by atoms with Gasteiger partial charge in [0.05, 0.1) is 0 Å². The molecular weight excluding hydrogens is 488 g/mol. The molecule has 0 amide bonds. The van der Waals surface area contributed by atoms with Gasteiger partial charge in [-0.2, -0.15) is 0 Å². The highest BCUT2D eigenvalue weighted by Gasteiger charge is 2.24. The molecule has 0 saturated carbocycles. The maximum atomic E-state index is 6.58. The van der Waals surface area contributed by atoms with Crippen molar-refractivity contribution in [3.8, 4) is 22.3 Å². The van der Waals surface area contributed by atoms with E-state index >= 15 is 0 Å². The normalized spacial score (nSPS) is 12.0. The van der Waals surface area contributed by atoms with E-state index in [1.54, 1.807) is 0 Å². The zero-order chi connectivity index (χ0) is 26.2. The van der Waals surface area contributed by atoms with Gasteiger partial charge >= 0.3 is 0 Å². The molecule has 0 atom stereocenters. The Kier molecular flexibility index (Phi) is 4.36. The molecule has 7 aromatic carbocycles. The van der Waals surface area contributed by atoms with Gasteiger partial charge in [-0.3, -0.25) is 0 Å². The Bertz CT molecular complexity index is 2370. The van der Waals surface area contributed by atoms with Gasteiger partial charge in [0.1, 0.15) is 11.2 Å². The van der Waals surface area contributed by atoms with Crippen LogP contribution in [0.3, 0.4) is 0 Å². The van der Waals surface area contributed by atoms with Crippen molar-refractivity contribution in [2.24, 2.45) is 0 Å². The molecule has 0 saturated heterocycles. The van der Waals surface area contributed by atoms with Crippen LogP contribution in [0.15, 0.2) is 142 Å². The SMILES string of the molecule is c1ccc(-c2c3ccccc3c(-c3cc4c5ccccc5oc4c4oc5ccccc5c34)c3ccccc23)cc1. The highest BCUT2D eigenvalue weighted by atomic mass is 16.4. The molecule has 0 bridgehead atoms. The lowest BCUT2D eigenvalue weighted by atomic mass is 9.84. The van der Waals surface area contributed by atoms with Gasteiger partial charge in [-0.1, -0.05) is 115 Å². The number of benzene rings is 7. The highest BCUT2D eigenvalue weighted by Crippen LogP contribution is 2.49. The summed E-state index contributed by atoms with van der Waals surface area (Å²) in [6, 6.07) is 47.2. The van der Waals surface area contributed by atoms with E-state index in [1.807, 2.05) is 24.3 Å². The molecule has 2 heterocycles. The van der Waals surface area contributed by atoms with E-state index in [0.29, 0.717) is 0 Å². The Hall–Kier alpha value is -5.34. The van der Waals surface area contributed by atoms with E-state index in [4.69, 9.17) is 8.83 Å². The number of hydrogen-bond donors (Lipinski definition) is 0. The summed E-state index contributed by atoms with van der Waals surface area (Å²) < 4.78 is 13.0. The Labute approximate surface area is 229 Å². The maximum Gasteiger partial charge on any atom is 0.179 e. The average molecular weight is 511 g/mol. The highest BCUT2D eigenvalue weighted by molar-refractivity contribution is 6.29. The average Bonchev–Trinajstić information content (AvgIpc) is 3.59. The van der Waals surface area contributed by atoms with Crippen LogP contribution in [0.25, 0.3) is 87.7 Å². The lowest BCUT2D eigenvalue weighted by molar-refractivity contribution is 0.633. The summed E-state index contributed by atoms with van der Waals surface area (Å²) in [6.07, 6.45) is 0. The van der Waals surface area contributed by atoms with Crippen LogP contribution in [0.5, 0.6) is 0 Å². The van der Waals surface area contributed by atoms with Crippen LogP contribution in [-0.2, 0) is 0 Å². The fraction of sp³-hybridized carbons (Fsp3) is 0. The standard InChI is InChI=1S/C38H22O2/c1-2-12-23(13-3-1)34-25-15-4-6-17-27(25)35(28-18-7-5-16-26(28)34)31-22-30-24-14-8-10-20-32(24)39-37(30)38-36(31)29-19-9-11-21-33(29)40-38/h1-22H. The lowest BCUT2D eigenvalue weighted by Gasteiger charge is -2.18. The van der Waals surface area contributed by atoms with Crippen LogP contribution in [0, 0.1) is 0 Å². The van der Waals surface area contributed by atoms with Crippen LogP contribution in [-0.4, -0.2) is 0 Å². The second-order valence-corrected chi connectivity index (χ2v) is 10.4. The summed E-state index contributed by atoms with van der Waals surface area (Å²) in [6.45, 7) is 0. The minimum absolute atomic E-state index is 0.796. The second kappa shape index (κ2) is 8.08. The quantitative estimate of drug-likeness (QED) is 0.216. The first-order valence-electron chi connectivity index (χ1n) is 13.6. The Balaban J connectivity index is 1.55. The van der Waals surface area contributed by atoms with Crippen molar-refractivity contribution in [3.63, 3.8) is 0 Å². The largest absolute Gasteiger partial charge is 0.452 e. The molecule has 0 radical (unpaired) electrons. The van der Waals surface area contributed by atoms with Gasteiger partial charge in [0.15, 0.2) is 11.2 Å². The van der Waals surface area contributed by atoms with Crippen molar-refractivity contribution in [2.45, 2.75) is 0 Å². The molecule has 9 rings (SSSR count). The summed E-state index contributed by atoms with van der Waals surface area (Å²) in [5.74, 6) is 0.